The van der Waals surface area contributed by atoms with Crippen LogP contribution in [0.3, 0.4) is 0 Å². The Morgan fingerprint density at radius 2 is 2.07 bits per heavy atom. The quantitative estimate of drug-likeness (QED) is 0.507. The van der Waals surface area contributed by atoms with Crippen LogP contribution in [0.2, 0.25) is 5.02 Å². The van der Waals surface area contributed by atoms with Crippen molar-refractivity contribution in [3.8, 4) is 11.1 Å². The minimum absolute atomic E-state index is 0.136. The van der Waals surface area contributed by atoms with Gasteiger partial charge in [-0.2, -0.15) is 0 Å². The average Bonchev–Trinajstić information content (AvgIpc) is 3.27. The summed E-state index contributed by atoms with van der Waals surface area (Å²) >= 11 is 7.28. The van der Waals surface area contributed by atoms with Crippen LogP contribution in [0.25, 0.3) is 21.3 Å². The van der Waals surface area contributed by atoms with Gasteiger partial charge in [0.15, 0.2) is 0 Å². The summed E-state index contributed by atoms with van der Waals surface area (Å²) in [6.07, 6.45) is 1.42. The number of hydrogen-bond acceptors (Lipinski definition) is 6. The number of carbonyl (C=O) groups is 1. The Balaban J connectivity index is 1.61. The van der Waals surface area contributed by atoms with E-state index in [-0.39, 0.29) is 18.0 Å². The van der Waals surface area contributed by atoms with Crippen LogP contribution in [0.5, 0.6) is 0 Å². The average molecular weight is 401 g/mol. The third-order valence-electron chi connectivity index (χ3n) is 4.07. The highest BCUT2D eigenvalue weighted by atomic mass is 35.5. The highest BCUT2D eigenvalue weighted by Gasteiger charge is 2.16. The molecule has 3 heterocycles. The number of fused-ring (bicyclic) bond motifs is 1. The molecule has 8 heteroatoms. The van der Waals surface area contributed by atoms with Crippen molar-refractivity contribution in [1.82, 2.24) is 9.97 Å². The van der Waals surface area contributed by atoms with Crippen molar-refractivity contribution in [2.75, 3.05) is 0 Å². The number of H-pyrrole nitrogens is 1. The zero-order valence-corrected chi connectivity index (χ0v) is 15.7. The fraction of sp³-hybridized carbons (Fsp3) is 0.105. The molecule has 3 aromatic heterocycles. The van der Waals surface area contributed by atoms with Crippen molar-refractivity contribution in [2.24, 2.45) is 0 Å². The molecule has 0 saturated carbocycles. The Hall–Kier alpha value is -2.90. The van der Waals surface area contributed by atoms with Gasteiger partial charge in [0.1, 0.15) is 28.6 Å². The molecule has 0 saturated heterocycles. The first-order valence-electron chi connectivity index (χ1n) is 8.00. The van der Waals surface area contributed by atoms with Crippen LogP contribution in [-0.2, 0) is 11.3 Å². The maximum atomic E-state index is 12.6. The molecule has 6 nitrogen and oxygen atoms in total. The van der Waals surface area contributed by atoms with Crippen LogP contribution < -0.4 is 5.56 Å². The molecule has 0 unspecified atom stereocenters. The van der Waals surface area contributed by atoms with Gasteiger partial charge in [-0.15, -0.1) is 11.3 Å². The van der Waals surface area contributed by atoms with Crippen molar-refractivity contribution < 1.29 is 13.9 Å². The van der Waals surface area contributed by atoms with Crippen LogP contribution in [0.15, 0.2) is 51.2 Å². The van der Waals surface area contributed by atoms with Crippen molar-refractivity contribution in [3.05, 3.63) is 74.5 Å². The number of carbonyl (C=O) groups excluding carboxylic acids is 1. The smallest absolute Gasteiger partial charge is 0.342 e. The molecule has 1 N–H and O–H groups in total. The van der Waals surface area contributed by atoms with Gasteiger partial charge in [0.05, 0.1) is 11.6 Å². The van der Waals surface area contributed by atoms with Crippen LogP contribution >= 0.6 is 22.9 Å². The van der Waals surface area contributed by atoms with E-state index >= 15 is 0 Å². The van der Waals surface area contributed by atoms with Gasteiger partial charge in [0, 0.05) is 16.0 Å². The molecule has 0 amide bonds. The number of thiophene rings is 1. The van der Waals surface area contributed by atoms with Crippen molar-refractivity contribution >= 4 is 39.1 Å². The molecule has 0 aliphatic rings. The Morgan fingerprint density at radius 1 is 1.30 bits per heavy atom. The fourth-order valence-electron chi connectivity index (χ4n) is 2.71. The van der Waals surface area contributed by atoms with E-state index in [4.69, 9.17) is 20.8 Å². The van der Waals surface area contributed by atoms with Crippen molar-refractivity contribution in [2.45, 2.75) is 13.5 Å². The minimum atomic E-state index is -0.531. The van der Waals surface area contributed by atoms with E-state index in [0.717, 1.165) is 11.1 Å². The summed E-state index contributed by atoms with van der Waals surface area (Å²) in [4.78, 5) is 32.3. The molecule has 0 bridgehead atoms. The largest absolute Gasteiger partial charge is 0.469 e. The number of benzene rings is 1. The second-order valence-corrected chi connectivity index (χ2v) is 7.11. The SMILES string of the molecule is Cc1occc1C(=O)OCc1nc2scc(-c3ccc(Cl)cc3)c2c(=O)[nH]1. The van der Waals surface area contributed by atoms with E-state index in [1.165, 1.54) is 23.7 Å². The first-order chi connectivity index (χ1) is 13.0. The maximum absolute atomic E-state index is 12.6. The Labute approximate surface area is 162 Å². The zero-order valence-electron chi connectivity index (χ0n) is 14.1. The van der Waals surface area contributed by atoms with Gasteiger partial charge in [-0.3, -0.25) is 4.79 Å². The maximum Gasteiger partial charge on any atom is 0.342 e. The molecule has 136 valence electrons. The van der Waals surface area contributed by atoms with E-state index < -0.39 is 5.97 Å². The summed E-state index contributed by atoms with van der Waals surface area (Å²) in [6, 6.07) is 8.79. The fourth-order valence-corrected chi connectivity index (χ4v) is 3.80. The zero-order chi connectivity index (χ0) is 19.0. The number of halogens is 1. The molecule has 0 aliphatic carbocycles. The lowest BCUT2D eigenvalue weighted by Crippen LogP contribution is -2.14. The summed E-state index contributed by atoms with van der Waals surface area (Å²) in [5, 5.41) is 3.01. The monoisotopic (exact) mass is 400 g/mol. The number of hydrogen-bond donors (Lipinski definition) is 1. The number of ether oxygens (including phenoxy) is 1. The standard InChI is InChI=1S/C19H13ClN2O4S/c1-10-13(6-7-25-10)19(24)26-8-15-21-17(23)16-14(9-27-18(16)22-15)11-2-4-12(20)5-3-11/h2-7,9H,8H2,1H3,(H,21,22,23). The van der Waals surface area contributed by atoms with E-state index in [1.807, 2.05) is 17.5 Å². The highest BCUT2D eigenvalue weighted by molar-refractivity contribution is 7.17. The molecule has 4 rings (SSSR count). The predicted molar refractivity (Wildman–Crippen MR) is 103 cm³/mol. The van der Waals surface area contributed by atoms with Gasteiger partial charge in [0.2, 0.25) is 0 Å². The van der Waals surface area contributed by atoms with Gasteiger partial charge >= 0.3 is 5.97 Å². The second-order valence-electron chi connectivity index (χ2n) is 5.82. The molecule has 0 aliphatic heterocycles. The molecule has 0 spiro atoms. The highest BCUT2D eigenvalue weighted by Crippen LogP contribution is 2.31. The van der Waals surface area contributed by atoms with Gasteiger partial charge in [0.25, 0.3) is 5.56 Å². The van der Waals surface area contributed by atoms with Gasteiger partial charge in [-0.05, 0) is 30.7 Å². The topological polar surface area (TPSA) is 85.2 Å². The second kappa shape index (κ2) is 7.02. The number of aryl methyl sites for hydroxylation is 1. The lowest BCUT2D eigenvalue weighted by molar-refractivity contribution is 0.0460. The molecule has 4 aromatic rings. The number of esters is 1. The van der Waals surface area contributed by atoms with Crippen molar-refractivity contribution in [1.29, 1.82) is 0 Å². The Morgan fingerprint density at radius 3 is 2.78 bits per heavy atom. The molecule has 0 fully saturated rings. The van der Waals surface area contributed by atoms with E-state index in [0.29, 0.717) is 26.6 Å². The summed E-state index contributed by atoms with van der Waals surface area (Å²) in [6.45, 7) is 1.54. The molecular weight excluding hydrogens is 388 g/mol. The van der Waals surface area contributed by atoms with Gasteiger partial charge < -0.3 is 14.1 Å². The number of aromatic nitrogens is 2. The molecular formula is C19H13ClN2O4S. The number of nitrogens with one attached hydrogen (secondary N) is 1. The van der Waals surface area contributed by atoms with Crippen LogP contribution in [-0.4, -0.2) is 15.9 Å². The minimum Gasteiger partial charge on any atom is -0.469 e. The summed E-state index contributed by atoms with van der Waals surface area (Å²) < 4.78 is 10.3. The molecule has 0 radical (unpaired) electrons. The molecule has 0 atom stereocenters. The summed E-state index contributed by atoms with van der Waals surface area (Å²) in [5.74, 6) is 0.228. The lowest BCUT2D eigenvalue weighted by Gasteiger charge is -2.04. The van der Waals surface area contributed by atoms with E-state index in [1.54, 1.807) is 19.1 Å². The number of rotatable bonds is 4. The number of furan rings is 1. The van der Waals surface area contributed by atoms with Gasteiger partial charge in [-0.1, -0.05) is 23.7 Å². The predicted octanol–water partition coefficient (Wildman–Crippen LogP) is 4.56. The third-order valence-corrected chi connectivity index (χ3v) is 5.19. The third kappa shape index (κ3) is 3.39. The van der Waals surface area contributed by atoms with Crippen LogP contribution in [0.4, 0.5) is 0 Å². The van der Waals surface area contributed by atoms with E-state index in [9.17, 15) is 9.59 Å². The Bertz CT molecular complexity index is 1190. The number of nitrogens with zero attached hydrogens (tertiary/aromatic N) is 1. The summed E-state index contributed by atoms with van der Waals surface area (Å²) in [5.41, 5.74) is 1.74. The summed E-state index contributed by atoms with van der Waals surface area (Å²) in [7, 11) is 0. The van der Waals surface area contributed by atoms with Gasteiger partial charge in [-0.25, -0.2) is 9.78 Å². The first kappa shape index (κ1) is 17.5. The normalized spacial score (nSPS) is 11.0. The van der Waals surface area contributed by atoms with Crippen LogP contribution in [0.1, 0.15) is 21.9 Å². The first-order valence-corrected chi connectivity index (χ1v) is 9.26. The molecule has 1 aromatic carbocycles. The lowest BCUT2D eigenvalue weighted by atomic mass is 10.1. The van der Waals surface area contributed by atoms with Crippen molar-refractivity contribution in [3.63, 3.8) is 0 Å². The van der Waals surface area contributed by atoms with E-state index in [2.05, 4.69) is 9.97 Å². The van der Waals surface area contributed by atoms with Crippen LogP contribution in [0, 0.1) is 6.92 Å². The molecule has 27 heavy (non-hydrogen) atoms. The number of aromatic amines is 1. The Kier molecular flexibility index (Phi) is 4.55.